The molecule has 0 fully saturated rings. The van der Waals surface area contributed by atoms with Gasteiger partial charge in [-0.25, -0.2) is 0 Å². The molecule has 0 atom stereocenters. The number of rotatable bonds is 0. The van der Waals surface area contributed by atoms with E-state index in [0.717, 1.165) is 24.9 Å². The van der Waals surface area contributed by atoms with Crippen LogP contribution >= 0.6 is 0 Å². The smallest absolute Gasteiger partial charge is 0.269 e. The topological polar surface area (TPSA) is 46.9 Å². The van der Waals surface area contributed by atoms with Crippen molar-refractivity contribution in [2.24, 2.45) is 7.05 Å². The van der Waals surface area contributed by atoms with Crippen molar-refractivity contribution in [3.8, 4) is 0 Å². The van der Waals surface area contributed by atoms with E-state index in [9.17, 15) is 4.79 Å². The molecule has 0 aliphatic carbocycles. The zero-order chi connectivity index (χ0) is 8.55. The number of nitrogens with one attached hydrogen (secondary N) is 1. The molecule has 4 heteroatoms. The van der Waals surface area contributed by atoms with Crippen LogP contribution < -0.4 is 5.32 Å². The van der Waals surface area contributed by atoms with E-state index in [0.29, 0.717) is 5.69 Å². The summed E-state index contributed by atoms with van der Waals surface area (Å²) in [6.07, 6.45) is 3.73. The van der Waals surface area contributed by atoms with E-state index in [1.54, 1.807) is 17.9 Å². The fourth-order valence-corrected chi connectivity index (χ4v) is 1.52. The number of nitrogens with zero attached hydrogens (tertiary/aromatic N) is 2. The van der Waals surface area contributed by atoms with Gasteiger partial charge in [-0.15, -0.1) is 0 Å². The molecular weight excluding hydrogens is 154 g/mol. The van der Waals surface area contributed by atoms with Gasteiger partial charge >= 0.3 is 0 Å². The Morgan fingerprint density at radius 3 is 3.33 bits per heavy atom. The highest BCUT2D eigenvalue weighted by molar-refractivity contribution is 5.94. The first kappa shape index (κ1) is 7.34. The van der Waals surface area contributed by atoms with Crippen molar-refractivity contribution >= 4 is 5.91 Å². The van der Waals surface area contributed by atoms with Gasteiger partial charge in [0.2, 0.25) is 0 Å². The molecule has 1 N–H and O–H groups in total. The largest absolute Gasteiger partial charge is 0.351 e. The standard InChI is InChI=1S/C8H11N3O/c1-11-7-6(5-10-11)3-2-4-9-8(7)12/h5H,2-4H2,1H3,(H,9,12). The van der Waals surface area contributed by atoms with Crippen molar-refractivity contribution in [3.05, 3.63) is 17.5 Å². The minimum Gasteiger partial charge on any atom is -0.351 e. The van der Waals surface area contributed by atoms with Gasteiger partial charge in [-0.1, -0.05) is 0 Å². The molecule has 64 valence electrons. The van der Waals surface area contributed by atoms with Gasteiger partial charge in [0.1, 0.15) is 5.69 Å². The highest BCUT2D eigenvalue weighted by Gasteiger charge is 2.18. The maximum absolute atomic E-state index is 11.4. The van der Waals surface area contributed by atoms with Crippen molar-refractivity contribution in [1.82, 2.24) is 15.1 Å². The van der Waals surface area contributed by atoms with Gasteiger partial charge in [0.15, 0.2) is 0 Å². The minimum absolute atomic E-state index is 0.00231. The quantitative estimate of drug-likeness (QED) is 0.592. The summed E-state index contributed by atoms with van der Waals surface area (Å²) in [6.45, 7) is 0.771. The van der Waals surface area contributed by atoms with Crippen LogP contribution in [0.2, 0.25) is 0 Å². The number of carbonyl (C=O) groups is 1. The molecule has 0 spiro atoms. The molecule has 1 aromatic heterocycles. The van der Waals surface area contributed by atoms with E-state index in [-0.39, 0.29) is 5.91 Å². The molecular formula is C8H11N3O. The molecule has 1 aliphatic rings. The number of hydrogen-bond donors (Lipinski definition) is 1. The maximum Gasteiger partial charge on any atom is 0.269 e. The van der Waals surface area contributed by atoms with Gasteiger partial charge in [-0.05, 0) is 12.8 Å². The van der Waals surface area contributed by atoms with Gasteiger partial charge in [0, 0.05) is 19.2 Å². The van der Waals surface area contributed by atoms with Gasteiger partial charge in [0.25, 0.3) is 5.91 Å². The normalized spacial score (nSPS) is 16.6. The fourth-order valence-electron chi connectivity index (χ4n) is 1.52. The average molecular weight is 165 g/mol. The highest BCUT2D eigenvalue weighted by Crippen LogP contribution is 2.12. The molecule has 0 saturated carbocycles. The van der Waals surface area contributed by atoms with Crippen LogP contribution in [0.5, 0.6) is 0 Å². The summed E-state index contributed by atoms with van der Waals surface area (Å²) in [7, 11) is 1.80. The highest BCUT2D eigenvalue weighted by atomic mass is 16.2. The third kappa shape index (κ3) is 0.995. The Bertz CT molecular complexity index is 316. The second-order valence-corrected chi connectivity index (χ2v) is 3.00. The van der Waals surface area contributed by atoms with E-state index in [1.165, 1.54) is 0 Å². The van der Waals surface area contributed by atoms with E-state index < -0.39 is 0 Å². The van der Waals surface area contributed by atoms with E-state index in [1.807, 2.05) is 0 Å². The monoisotopic (exact) mass is 165 g/mol. The molecule has 4 nitrogen and oxygen atoms in total. The fraction of sp³-hybridized carbons (Fsp3) is 0.500. The number of aryl methyl sites for hydroxylation is 2. The predicted molar refractivity (Wildman–Crippen MR) is 43.9 cm³/mol. The summed E-state index contributed by atoms with van der Waals surface area (Å²) in [4.78, 5) is 11.4. The van der Waals surface area contributed by atoms with Crippen LogP contribution in [0.3, 0.4) is 0 Å². The zero-order valence-corrected chi connectivity index (χ0v) is 7.00. The molecule has 1 amide bonds. The summed E-state index contributed by atoms with van der Waals surface area (Å²) in [5.74, 6) is 0.00231. The summed E-state index contributed by atoms with van der Waals surface area (Å²) in [5, 5.41) is 6.87. The first-order valence-electron chi connectivity index (χ1n) is 4.08. The summed E-state index contributed by atoms with van der Waals surface area (Å²) in [6, 6.07) is 0. The van der Waals surface area contributed by atoms with Crippen molar-refractivity contribution < 1.29 is 4.79 Å². The maximum atomic E-state index is 11.4. The Morgan fingerprint density at radius 1 is 1.67 bits per heavy atom. The first-order valence-corrected chi connectivity index (χ1v) is 4.08. The molecule has 12 heavy (non-hydrogen) atoms. The zero-order valence-electron chi connectivity index (χ0n) is 7.00. The van der Waals surface area contributed by atoms with Crippen LogP contribution in [0.4, 0.5) is 0 Å². The molecule has 2 rings (SSSR count). The number of fused-ring (bicyclic) bond motifs is 1. The van der Waals surface area contributed by atoms with Crippen LogP contribution in [-0.4, -0.2) is 22.2 Å². The average Bonchev–Trinajstić information content (AvgIpc) is 2.29. The Balaban J connectivity index is 2.49. The first-order chi connectivity index (χ1) is 5.79. The number of amides is 1. The number of aromatic nitrogens is 2. The van der Waals surface area contributed by atoms with Crippen LogP contribution in [0.1, 0.15) is 22.5 Å². The summed E-state index contributed by atoms with van der Waals surface area (Å²) in [5.41, 5.74) is 1.78. The third-order valence-corrected chi connectivity index (χ3v) is 2.14. The lowest BCUT2D eigenvalue weighted by Gasteiger charge is -2.00. The van der Waals surface area contributed by atoms with Crippen LogP contribution in [0, 0.1) is 0 Å². The predicted octanol–water partition coefficient (Wildman–Crippen LogP) is 0.0961. The second kappa shape index (κ2) is 2.62. The molecule has 0 unspecified atom stereocenters. The molecule has 0 aromatic carbocycles. The van der Waals surface area contributed by atoms with Crippen LogP contribution in [-0.2, 0) is 13.5 Å². The Labute approximate surface area is 70.6 Å². The van der Waals surface area contributed by atoms with Gasteiger partial charge < -0.3 is 5.32 Å². The Kier molecular flexibility index (Phi) is 1.60. The Hall–Kier alpha value is -1.32. The van der Waals surface area contributed by atoms with E-state index in [2.05, 4.69) is 10.4 Å². The summed E-state index contributed by atoms with van der Waals surface area (Å²) < 4.78 is 1.63. The molecule has 2 heterocycles. The van der Waals surface area contributed by atoms with Crippen molar-refractivity contribution in [3.63, 3.8) is 0 Å². The number of carbonyl (C=O) groups excluding carboxylic acids is 1. The Morgan fingerprint density at radius 2 is 2.50 bits per heavy atom. The van der Waals surface area contributed by atoms with E-state index >= 15 is 0 Å². The van der Waals surface area contributed by atoms with Gasteiger partial charge in [0.05, 0.1) is 6.20 Å². The van der Waals surface area contributed by atoms with Crippen molar-refractivity contribution in [1.29, 1.82) is 0 Å². The molecule has 0 saturated heterocycles. The molecule has 0 bridgehead atoms. The molecule has 0 radical (unpaired) electrons. The minimum atomic E-state index is 0.00231. The van der Waals surface area contributed by atoms with Crippen molar-refractivity contribution in [2.45, 2.75) is 12.8 Å². The van der Waals surface area contributed by atoms with Gasteiger partial charge in [-0.2, -0.15) is 5.10 Å². The lowest BCUT2D eigenvalue weighted by Crippen LogP contribution is -2.25. The lowest BCUT2D eigenvalue weighted by molar-refractivity contribution is 0.0946. The second-order valence-electron chi connectivity index (χ2n) is 3.00. The van der Waals surface area contributed by atoms with E-state index in [4.69, 9.17) is 0 Å². The van der Waals surface area contributed by atoms with Crippen LogP contribution in [0.15, 0.2) is 6.20 Å². The molecule has 1 aromatic rings. The lowest BCUT2D eigenvalue weighted by atomic mass is 10.1. The number of hydrogen-bond acceptors (Lipinski definition) is 2. The van der Waals surface area contributed by atoms with Crippen LogP contribution in [0.25, 0.3) is 0 Å². The third-order valence-electron chi connectivity index (χ3n) is 2.14. The van der Waals surface area contributed by atoms with Crippen molar-refractivity contribution in [2.75, 3.05) is 6.54 Å². The summed E-state index contributed by atoms with van der Waals surface area (Å²) >= 11 is 0. The molecule has 1 aliphatic heterocycles. The van der Waals surface area contributed by atoms with Gasteiger partial charge in [-0.3, -0.25) is 9.48 Å². The SMILES string of the molecule is Cn1ncc2c1C(=O)NCCC2.